The number of terminal acetylenes is 1. The molecule has 8 nitrogen and oxygen atoms in total. The van der Waals surface area contributed by atoms with E-state index >= 15 is 0 Å². The van der Waals surface area contributed by atoms with Crippen LogP contribution in [0.4, 0.5) is 0 Å². The molecule has 0 N–H and O–H groups in total. The molecule has 0 spiro atoms. The minimum atomic E-state index is -0.475. The zero-order valence-corrected chi connectivity index (χ0v) is 20.1. The van der Waals surface area contributed by atoms with Crippen molar-refractivity contribution in [1.29, 1.82) is 0 Å². The second-order valence-corrected chi connectivity index (χ2v) is 7.83. The number of ether oxygens (including phenoxy) is 4. The van der Waals surface area contributed by atoms with E-state index in [1.807, 2.05) is 0 Å². The van der Waals surface area contributed by atoms with Gasteiger partial charge in [0.15, 0.2) is 16.3 Å². The molecule has 1 aromatic heterocycles. The van der Waals surface area contributed by atoms with Crippen LogP contribution in [0.5, 0.6) is 17.2 Å². The largest absolute Gasteiger partial charge is 0.493 e. The van der Waals surface area contributed by atoms with Crippen molar-refractivity contribution in [2.75, 3.05) is 27.9 Å². The van der Waals surface area contributed by atoms with Crippen molar-refractivity contribution in [3.05, 3.63) is 52.3 Å². The first-order valence-electron chi connectivity index (χ1n) is 10.3. The van der Waals surface area contributed by atoms with Crippen molar-refractivity contribution in [3.63, 3.8) is 0 Å². The zero-order valence-electron chi connectivity index (χ0n) is 19.3. The van der Waals surface area contributed by atoms with Gasteiger partial charge in [-0.3, -0.25) is 4.79 Å². The van der Waals surface area contributed by atoms with E-state index in [2.05, 4.69) is 10.9 Å². The summed E-state index contributed by atoms with van der Waals surface area (Å²) in [4.78, 5) is 29.3. The Bertz CT molecular complexity index is 1330. The van der Waals surface area contributed by atoms with Crippen LogP contribution in [0.25, 0.3) is 16.3 Å². The van der Waals surface area contributed by atoms with E-state index in [9.17, 15) is 9.59 Å². The van der Waals surface area contributed by atoms with Crippen molar-refractivity contribution < 1.29 is 28.5 Å². The van der Waals surface area contributed by atoms with E-state index in [0.717, 1.165) is 10.2 Å². The molecule has 2 aromatic carbocycles. The molecule has 1 heterocycles. The van der Waals surface area contributed by atoms with Gasteiger partial charge in [0.2, 0.25) is 5.75 Å². The average molecular weight is 481 g/mol. The lowest BCUT2D eigenvalue weighted by Crippen LogP contribution is -2.15. The van der Waals surface area contributed by atoms with E-state index in [4.69, 9.17) is 25.4 Å². The van der Waals surface area contributed by atoms with Crippen molar-refractivity contribution >= 4 is 39.5 Å². The third-order valence-electron chi connectivity index (χ3n) is 4.75. The van der Waals surface area contributed by atoms with Crippen LogP contribution in [-0.2, 0) is 16.1 Å². The molecular weight excluding hydrogens is 456 g/mol. The van der Waals surface area contributed by atoms with Gasteiger partial charge in [0.05, 0.1) is 50.3 Å². The van der Waals surface area contributed by atoms with Gasteiger partial charge in [-0.05, 0) is 48.9 Å². The van der Waals surface area contributed by atoms with E-state index in [1.54, 1.807) is 47.9 Å². The molecule has 9 heteroatoms. The monoisotopic (exact) mass is 480 g/mol. The summed E-state index contributed by atoms with van der Waals surface area (Å²) < 4.78 is 23.6. The second-order valence-electron chi connectivity index (χ2n) is 6.82. The summed E-state index contributed by atoms with van der Waals surface area (Å²) >= 11 is 1.26. The summed E-state index contributed by atoms with van der Waals surface area (Å²) in [5, 5.41) is 0. The van der Waals surface area contributed by atoms with Gasteiger partial charge in [0.25, 0.3) is 5.91 Å². The van der Waals surface area contributed by atoms with E-state index in [-0.39, 0.29) is 13.2 Å². The molecule has 1 amide bonds. The number of methoxy groups -OCH3 is 3. The molecule has 0 saturated carbocycles. The number of nitrogens with zero attached hydrogens (tertiary/aromatic N) is 2. The van der Waals surface area contributed by atoms with Gasteiger partial charge in [0, 0.05) is 6.08 Å². The molecule has 0 fully saturated rings. The molecular formula is C25H24N2O6S. The third kappa shape index (κ3) is 5.30. The number of rotatable bonds is 8. The molecule has 0 atom stereocenters. The van der Waals surface area contributed by atoms with E-state index in [0.29, 0.717) is 33.2 Å². The number of hydrogen-bond donors (Lipinski definition) is 0. The standard InChI is InChI=1S/C25H24N2O6S/c1-6-12-27-18-10-9-17(24(29)33-7-2)15-21(18)34-25(27)26-22(28)11-8-16-13-19(30-3)23(32-5)20(14-16)31-4/h1,8-11,13-15H,7,12H2,2-5H3/b11-8-,26-25?. The summed E-state index contributed by atoms with van der Waals surface area (Å²) in [6.45, 7) is 2.25. The minimum absolute atomic E-state index is 0.224. The van der Waals surface area contributed by atoms with Crippen LogP contribution in [0, 0.1) is 12.3 Å². The zero-order chi connectivity index (χ0) is 24.7. The molecule has 3 rings (SSSR count). The Morgan fingerprint density at radius 1 is 1.12 bits per heavy atom. The number of fused-ring (bicyclic) bond motifs is 1. The Labute approximate surface area is 201 Å². The lowest BCUT2D eigenvalue weighted by molar-refractivity contribution is -0.113. The molecule has 0 aliphatic heterocycles. The minimum Gasteiger partial charge on any atom is -0.493 e. The molecule has 176 valence electrons. The Hall–Kier alpha value is -4.03. The maximum absolute atomic E-state index is 12.6. The fourth-order valence-corrected chi connectivity index (χ4v) is 4.31. The van der Waals surface area contributed by atoms with Crippen LogP contribution in [0.3, 0.4) is 0 Å². The molecule has 0 bridgehead atoms. The molecule has 0 aliphatic carbocycles. The van der Waals surface area contributed by atoms with E-state index in [1.165, 1.54) is 38.7 Å². The molecule has 0 unspecified atom stereocenters. The molecule has 3 aromatic rings. The van der Waals surface area contributed by atoms with Crippen LogP contribution < -0.4 is 19.0 Å². The van der Waals surface area contributed by atoms with Crippen molar-refractivity contribution in [2.45, 2.75) is 13.5 Å². The quantitative estimate of drug-likeness (QED) is 0.278. The predicted octanol–water partition coefficient (Wildman–Crippen LogP) is 3.68. The fourth-order valence-electron chi connectivity index (χ4n) is 3.24. The summed E-state index contributed by atoms with van der Waals surface area (Å²) in [6.07, 6.45) is 8.47. The lowest BCUT2D eigenvalue weighted by atomic mass is 10.1. The van der Waals surface area contributed by atoms with Gasteiger partial charge in [-0.15, -0.1) is 6.42 Å². The number of thiazole rings is 1. The number of carbonyl (C=O) groups excluding carboxylic acids is 2. The Kier molecular flexibility index (Phi) is 8.11. The van der Waals surface area contributed by atoms with Gasteiger partial charge >= 0.3 is 5.97 Å². The number of carbonyl (C=O) groups is 2. The molecule has 34 heavy (non-hydrogen) atoms. The smallest absolute Gasteiger partial charge is 0.338 e. The van der Waals surface area contributed by atoms with Crippen LogP contribution >= 0.6 is 11.3 Å². The highest BCUT2D eigenvalue weighted by Crippen LogP contribution is 2.38. The molecule has 0 radical (unpaired) electrons. The van der Waals surface area contributed by atoms with E-state index < -0.39 is 11.9 Å². The van der Waals surface area contributed by atoms with Gasteiger partial charge in [0.1, 0.15) is 0 Å². The topological polar surface area (TPSA) is 88.4 Å². The number of amides is 1. The molecule has 0 aliphatic rings. The maximum atomic E-state index is 12.6. The number of benzene rings is 2. The van der Waals surface area contributed by atoms with Gasteiger partial charge in [-0.1, -0.05) is 17.3 Å². The van der Waals surface area contributed by atoms with Crippen LogP contribution in [0.15, 0.2) is 41.4 Å². The number of aromatic nitrogens is 1. The molecule has 0 saturated heterocycles. The van der Waals surface area contributed by atoms with Crippen molar-refractivity contribution in [2.24, 2.45) is 4.99 Å². The van der Waals surface area contributed by atoms with Gasteiger partial charge < -0.3 is 23.5 Å². The Morgan fingerprint density at radius 2 is 1.82 bits per heavy atom. The van der Waals surface area contributed by atoms with Gasteiger partial charge in [-0.2, -0.15) is 4.99 Å². The highest BCUT2D eigenvalue weighted by atomic mass is 32.1. The predicted molar refractivity (Wildman–Crippen MR) is 130 cm³/mol. The Morgan fingerprint density at radius 3 is 2.41 bits per heavy atom. The number of hydrogen-bond acceptors (Lipinski definition) is 7. The maximum Gasteiger partial charge on any atom is 0.338 e. The highest BCUT2D eigenvalue weighted by molar-refractivity contribution is 7.16. The Balaban J connectivity index is 1.98. The summed E-state index contributed by atoms with van der Waals surface area (Å²) in [5.74, 6) is 3.09. The summed E-state index contributed by atoms with van der Waals surface area (Å²) in [5.41, 5.74) is 1.87. The van der Waals surface area contributed by atoms with Crippen LogP contribution in [0.2, 0.25) is 0 Å². The van der Waals surface area contributed by atoms with Crippen LogP contribution in [0.1, 0.15) is 22.8 Å². The van der Waals surface area contributed by atoms with Crippen molar-refractivity contribution in [1.82, 2.24) is 4.57 Å². The normalized spacial score (nSPS) is 11.4. The van der Waals surface area contributed by atoms with Gasteiger partial charge in [-0.25, -0.2) is 4.79 Å². The summed E-state index contributed by atoms with van der Waals surface area (Å²) in [6, 6.07) is 8.58. The van der Waals surface area contributed by atoms with Crippen LogP contribution in [-0.4, -0.2) is 44.4 Å². The second kappa shape index (κ2) is 11.2. The summed E-state index contributed by atoms with van der Waals surface area (Å²) in [7, 11) is 4.55. The highest BCUT2D eigenvalue weighted by Gasteiger charge is 2.13. The third-order valence-corrected chi connectivity index (χ3v) is 5.80. The first-order valence-corrected chi connectivity index (χ1v) is 11.1. The lowest BCUT2D eigenvalue weighted by Gasteiger charge is -2.12. The first-order chi connectivity index (χ1) is 16.4. The van der Waals surface area contributed by atoms with Crippen molar-refractivity contribution in [3.8, 4) is 29.6 Å². The average Bonchev–Trinajstić information content (AvgIpc) is 3.18. The fraction of sp³-hybridized carbons (Fsp3) is 0.240. The number of esters is 1. The first kappa shape index (κ1) is 24.6. The SMILES string of the molecule is C#CCn1c(=NC(=O)/C=C\c2cc(OC)c(OC)c(OC)c2)sc2cc(C(=O)OCC)ccc21.